The fourth-order valence-corrected chi connectivity index (χ4v) is 2.23. The first-order chi connectivity index (χ1) is 12.3. The van der Waals surface area contributed by atoms with Crippen LogP contribution in [0.4, 0.5) is 5.82 Å². The minimum Gasteiger partial charge on any atom is -0.465 e. The van der Waals surface area contributed by atoms with E-state index in [-0.39, 0.29) is 17.5 Å². The Morgan fingerprint density at radius 3 is 2.62 bits per heavy atom. The van der Waals surface area contributed by atoms with Gasteiger partial charge in [0.1, 0.15) is 11.4 Å². The molecule has 0 radical (unpaired) electrons. The monoisotopic (exact) mass is 376 g/mol. The zero-order chi connectivity index (χ0) is 19.7. The van der Waals surface area contributed by atoms with Gasteiger partial charge in [-0.1, -0.05) is 24.4 Å². The van der Waals surface area contributed by atoms with Gasteiger partial charge in [0.25, 0.3) is 5.91 Å². The molecule has 7 nitrogen and oxygen atoms in total. The van der Waals surface area contributed by atoms with Gasteiger partial charge in [0.05, 0.1) is 12.7 Å². The van der Waals surface area contributed by atoms with Crippen LogP contribution in [-0.4, -0.2) is 41.3 Å². The van der Waals surface area contributed by atoms with Crippen molar-refractivity contribution >= 4 is 29.5 Å². The minimum atomic E-state index is -0.543. The maximum absolute atomic E-state index is 12.4. The molecule has 26 heavy (non-hydrogen) atoms. The Morgan fingerprint density at radius 2 is 2.08 bits per heavy atom. The molecule has 0 aliphatic carbocycles. The van der Waals surface area contributed by atoms with Crippen LogP contribution >= 0.6 is 11.8 Å². The third-order valence-corrected chi connectivity index (χ3v) is 3.56. The predicted molar refractivity (Wildman–Crippen MR) is 104 cm³/mol. The third kappa shape index (κ3) is 6.36. The number of carbonyl (C=O) groups excluding carboxylic acids is 2. The number of rotatable bonds is 8. The highest BCUT2D eigenvalue weighted by Crippen LogP contribution is 2.19. The molecule has 1 aromatic heterocycles. The molecule has 1 heterocycles. The van der Waals surface area contributed by atoms with Crippen molar-refractivity contribution in [2.24, 2.45) is 0 Å². The normalized spacial score (nSPS) is 11.5. The Morgan fingerprint density at radius 1 is 1.38 bits per heavy atom. The number of carbonyl (C=O) groups is 2. The Kier molecular flexibility index (Phi) is 8.57. The zero-order valence-corrected chi connectivity index (χ0v) is 16.4. The second-order valence-corrected chi connectivity index (χ2v) is 6.26. The summed E-state index contributed by atoms with van der Waals surface area (Å²) in [5, 5.41) is 6.40. The highest BCUT2D eigenvalue weighted by Gasteiger charge is 2.16. The van der Waals surface area contributed by atoms with Crippen LogP contribution in [0.2, 0.25) is 0 Å². The molecule has 0 aromatic carbocycles. The molecule has 0 unspecified atom stereocenters. The van der Waals surface area contributed by atoms with Gasteiger partial charge in [-0.3, -0.25) is 4.79 Å². The number of esters is 1. The van der Waals surface area contributed by atoms with E-state index in [1.165, 1.54) is 31.1 Å². The van der Waals surface area contributed by atoms with Crippen molar-refractivity contribution < 1.29 is 14.3 Å². The van der Waals surface area contributed by atoms with Gasteiger partial charge in [-0.25, -0.2) is 14.8 Å². The van der Waals surface area contributed by atoms with E-state index in [2.05, 4.69) is 31.9 Å². The maximum atomic E-state index is 12.4. The van der Waals surface area contributed by atoms with E-state index in [0.29, 0.717) is 22.2 Å². The molecule has 1 rings (SSSR count). The summed E-state index contributed by atoms with van der Waals surface area (Å²) in [6, 6.07) is -0.0276. The Hall–Kier alpha value is -2.61. The van der Waals surface area contributed by atoms with Crippen molar-refractivity contribution in [2.45, 2.75) is 32.0 Å². The molecule has 0 saturated heterocycles. The Bertz CT molecular complexity index is 742. The lowest BCUT2D eigenvalue weighted by Gasteiger charge is -2.14. The van der Waals surface area contributed by atoms with Crippen LogP contribution in [-0.2, 0) is 9.53 Å². The van der Waals surface area contributed by atoms with Crippen LogP contribution in [0.15, 0.2) is 47.4 Å². The number of thioether (sulfide) groups is 1. The number of hydrogen-bond donors (Lipinski definition) is 2. The second-order valence-electron chi connectivity index (χ2n) is 5.49. The zero-order valence-electron chi connectivity index (χ0n) is 15.6. The van der Waals surface area contributed by atoms with Crippen LogP contribution in [0, 0.1) is 0 Å². The number of nitrogens with one attached hydrogen (secondary N) is 2. The van der Waals surface area contributed by atoms with E-state index < -0.39 is 5.97 Å². The van der Waals surface area contributed by atoms with Crippen LogP contribution in [0.3, 0.4) is 0 Å². The summed E-state index contributed by atoms with van der Waals surface area (Å²) < 4.78 is 4.66. The average molecular weight is 376 g/mol. The molecule has 0 atom stereocenters. The van der Waals surface area contributed by atoms with Gasteiger partial charge in [-0.2, -0.15) is 0 Å². The van der Waals surface area contributed by atoms with Crippen LogP contribution in [0.5, 0.6) is 0 Å². The largest absolute Gasteiger partial charge is 0.465 e. The van der Waals surface area contributed by atoms with Crippen LogP contribution in [0.25, 0.3) is 0 Å². The molecular formula is C18H24N4O3S. The summed E-state index contributed by atoms with van der Waals surface area (Å²) in [6.07, 6.45) is 8.36. The molecule has 0 bridgehead atoms. The van der Waals surface area contributed by atoms with E-state index in [0.717, 1.165) is 0 Å². The van der Waals surface area contributed by atoms with Gasteiger partial charge in [-0.15, -0.1) is 0 Å². The smallest absolute Gasteiger partial charge is 0.337 e. The SMILES string of the molecule is C=C(/C=C(\C=C/C)Nc1nc(SC)ncc1C(=O)NC(C)C)C(=O)OC. The topological polar surface area (TPSA) is 93.2 Å². The average Bonchev–Trinajstić information content (AvgIpc) is 2.60. The van der Waals surface area contributed by atoms with Crippen molar-refractivity contribution in [3.8, 4) is 0 Å². The Labute approximate surface area is 158 Å². The van der Waals surface area contributed by atoms with E-state index in [1.54, 1.807) is 12.2 Å². The minimum absolute atomic E-state index is 0.0276. The number of methoxy groups -OCH3 is 1. The first-order valence-electron chi connectivity index (χ1n) is 7.92. The third-order valence-electron chi connectivity index (χ3n) is 3.00. The lowest BCUT2D eigenvalue weighted by atomic mass is 10.2. The van der Waals surface area contributed by atoms with Crippen molar-refractivity contribution in [2.75, 3.05) is 18.7 Å². The summed E-state index contributed by atoms with van der Waals surface area (Å²) in [5.41, 5.74) is 1.00. The van der Waals surface area contributed by atoms with Gasteiger partial charge in [0.15, 0.2) is 5.16 Å². The van der Waals surface area contributed by atoms with Gasteiger partial charge < -0.3 is 15.4 Å². The van der Waals surface area contributed by atoms with Gasteiger partial charge in [-0.05, 0) is 39.2 Å². The van der Waals surface area contributed by atoms with Crippen LogP contribution < -0.4 is 10.6 Å². The van der Waals surface area contributed by atoms with Crippen molar-refractivity contribution in [3.05, 3.63) is 47.8 Å². The lowest BCUT2D eigenvalue weighted by Crippen LogP contribution is -2.31. The number of aromatic nitrogens is 2. The van der Waals surface area contributed by atoms with Crippen molar-refractivity contribution in [1.29, 1.82) is 0 Å². The lowest BCUT2D eigenvalue weighted by molar-refractivity contribution is -0.135. The number of ether oxygens (including phenoxy) is 1. The molecule has 1 aromatic rings. The number of amides is 1. The summed E-state index contributed by atoms with van der Waals surface area (Å²) >= 11 is 1.36. The van der Waals surface area contributed by atoms with E-state index in [9.17, 15) is 9.59 Å². The number of anilines is 1. The molecule has 0 fully saturated rings. The molecule has 140 valence electrons. The molecule has 8 heteroatoms. The highest BCUT2D eigenvalue weighted by molar-refractivity contribution is 7.98. The molecule has 0 spiro atoms. The second kappa shape index (κ2) is 10.4. The van der Waals surface area contributed by atoms with Gasteiger partial charge >= 0.3 is 5.97 Å². The molecule has 0 saturated carbocycles. The van der Waals surface area contributed by atoms with Gasteiger partial charge in [0, 0.05) is 17.9 Å². The summed E-state index contributed by atoms with van der Waals surface area (Å²) in [7, 11) is 1.29. The maximum Gasteiger partial charge on any atom is 0.337 e. The van der Waals surface area contributed by atoms with Crippen molar-refractivity contribution in [1.82, 2.24) is 15.3 Å². The highest BCUT2D eigenvalue weighted by atomic mass is 32.2. The molecule has 0 aliphatic rings. The first kappa shape index (κ1) is 21.4. The number of allylic oxidation sites excluding steroid dienone is 2. The summed E-state index contributed by atoms with van der Waals surface area (Å²) in [5.74, 6) is -0.495. The van der Waals surface area contributed by atoms with Crippen molar-refractivity contribution in [3.63, 3.8) is 0 Å². The Balaban J connectivity index is 3.28. The van der Waals surface area contributed by atoms with E-state index in [4.69, 9.17) is 0 Å². The van der Waals surface area contributed by atoms with Gasteiger partial charge in [0.2, 0.25) is 0 Å². The van der Waals surface area contributed by atoms with Crippen LogP contribution in [0.1, 0.15) is 31.1 Å². The number of nitrogens with zero attached hydrogens (tertiary/aromatic N) is 2. The molecule has 2 N–H and O–H groups in total. The molecular weight excluding hydrogens is 352 g/mol. The van der Waals surface area contributed by atoms with E-state index >= 15 is 0 Å². The fraction of sp³-hybridized carbons (Fsp3) is 0.333. The number of hydrogen-bond acceptors (Lipinski definition) is 7. The quantitative estimate of drug-likeness (QED) is 0.237. The standard InChI is InChI=1S/C18H24N4O3S/c1-7-8-13(9-12(4)17(24)25-5)21-15-14(16(23)20-11(2)3)10-19-18(22-15)26-6/h7-11H,4H2,1-3,5-6H3,(H,20,23)(H,19,21,22)/b8-7-,13-9+. The van der Waals surface area contributed by atoms with E-state index in [1.807, 2.05) is 27.0 Å². The predicted octanol–water partition coefficient (Wildman–Crippen LogP) is 2.94. The summed E-state index contributed by atoms with van der Waals surface area (Å²) in [4.78, 5) is 32.6. The first-order valence-corrected chi connectivity index (χ1v) is 9.15. The summed E-state index contributed by atoms with van der Waals surface area (Å²) in [6.45, 7) is 9.25. The fourth-order valence-electron chi connectivity index (χ4n) is 1.89. The molecule has 0 aliphatic heterocycles. The molecule has 1 amide bonds.